The molecule has 0 spiro atoms. The Bertz CT molecular complexity index is 426. The number of rotatable bonds is 3. The minimum Gasteiger partial charge on any atom is -0.508 e. The predicted octanol–water partition coefficient (Wildman–Crippen LogP) is 2.80. The molecule has 0 saturated heterocycles. The second kappa shape index (κ2) is 7.25. The number of hydrogen-bond donors (Lipinski definition) is 1. The Morgan fingerprint density at radius 2 is 1.38 bits per heavy atom. The second-order valence-electron chi connectivity index (χ2n) is 3.61. The van der Waals surface area contributed by atoms with Gasteiger partial charge in [0.1, 0.15) is 5.75 Å². The van der Waals surface area contributed by atoms with Crippen LogP contribution in [-0.2, 0) is 12.8 Å². The first kappa shape index (κ1) is 13.9. The van der Waals surface area contributed by atoms with E-state index in [9.17, 15) is 5.11 Å². The van der Waals surface area contributed by atoms with Gasteiger partial charge in [0.15, 0.2) is 0 Å². The summed E-state index contributed by atoms with van der Waals surface area (Å²) in [6, 6.07) is 17.8. The van der Waals surface area contributed by atoms with E-state index in [1.165, 1.54) is 5.56 Å². The quantitative estimate of drug-likeness (QED) is 0.814. The zero-order valence-corrected chi connectivity index (χ0v) is 12.7. The van der Waals surface area contributed by atoms with Crippen LogP contribution in [0.5, 0.6) is 5.75 Å². The Morgan fingerprint density at radius 3 is 2.06 bits per heavy atom. The molecule has 0 unspecified atom stereocenters. The molecule has 0 aliphatic heterocycles. The van der Waals surface area contributed by atoms with Gasteiger partial charge in [0, 0.05) is 51.4 Å². The van der Waals surface area contributed by atoms with E-state index in [2.05, 4.69) is 12.1 Å². The molecular weight excluding hydrogens is 223 g/mol. The molecular formula is C14H14KO. The molecule has 0 aromatic heterocycles. The molecule has 2 rings (SSSR count). The van der Waals surface area contributed by atoms with E-state index < -0.39 is 0 Å². The van der Waals surface area contributed by atoms with Crippen LogP contribution in [0.15, 0.2) is 54.6 Å². The molecule has 16 heavy (non-hydrogen) atoms. The van der Waals surface area contributed by atoms with Gasteiger partial charge in [0.25, 0.3) is 0 Å². The van der Waals surface area contributed by atoms with Crippen molar-refractivity contribution >= 4 is 51.4 Å². The number of phenolic OH excluding ortho intramolecular Hbond substituents is 1. The molecule has 2 aromatic rings. The van der Waals surface area contributed by atoms with E-state index in [4.69, 9.17) is 0 Å². The van der Waals surface area contributed by atoms with Crippen LogP contribution in [0, 0.1) is 0 Å². The molecule has 0 fully saturated rings. The number of aromatic hydroxyl groups is 1. The average Bonchev–Trinajstić information content (AvgIpc) is 2.29. The van der Waals surface area contributed by atoms with Crippen molar-refractivity contribution in [1.29, 1.82) is 0 Å². The first-order chi connectivity index (χ1) is 7.36. The molecule has 0 aliphatic rings. The number of para-hydroxylation sites is 1. The maximum Gasteiger partial charge on any atom is 0.118 e. The van der Waals surface area contributed by atoms with Crippen molar-refractivity contribution in [2.24, 2.45) is 0 Å². The third-order valence-electron chi connectivity index (χ3n) is 2.52. The van der Waals surface area contributed by atoms with E-state index >= 15 is 0 Å². The third kappa shape index (κ3) is 4.04. The summed E-state index contributed by atoms with van der Waals surface area (Å²) >= 11 is 0. The van der Waals surface area contributed by atoms with Crippen LogP contribution in [0.3, 0.4) is 0 Å². The van der Waals surface area contributed by atoms with Crippen LogP contribution in [0.2, 0.25) is 0 Å². The molecule has 0 saturated carbocycles. The molecule has 1 nitrogen and oxygen atoms in total. The molecule has 1 N–H and O–H groups in total. The molecule has 2 heteroatoms. The fourth-order valence-corrected chi connectivity index (χ4v) is 1.65. The standard InChI is InChI=1S/C14H14O.K/c15-14-9-5-4-8-13(14)11-10-12-6-2-1-3-7-12;/h1-9,15H,10-11H2;. The molecule has 0 bridgehead atoms. The van der Waals surface area contributed by atoms with Gasteiger partial charge in [-0.05, 0) is 30.0 Å². The molecule has 1 radical (unpaired) electrons. The summed E-state index contributed by atoms with van der Waals surface area (Å²) in [5, 5.41) is 9.59. The van der Waals surface area contributed by atoms with Gasteiger partial charge in [-0.15, -0.1) is 0 Å². The Balaban J connectivity index is 0.00000128. The summed E-state index contributed by atoms with van der Waals surface area (Å²) in [7, 11) is 0. The first-order valence-electron chi connectivity index (χ1n) is 5.17. The topological polar surface area (TPSA) is 20.2 Å². The predicted molar refractivity (Wildman–Crippen MR) is 67.7 cm³/mol. The molecule has 0 heterocycles. The van der Waals surface area contributed by atoms with Crippen LogP contribution in [-0.4, -0.2) is 56.5 Å². The summed E-state index contributed by atoms with van der Waals surface area (Å²) in [5.41, 5.74) is 2.32. The Labute approximate surface area is 139 Å². The number of hydrogen-bond acceptors (Lipinski definition) is 1. The van der Waals surface area contributed by atoms with Gasteiger partial charge in [-0.25, -0.2) is 0 Å². The summed E-state index contributed by atoms with van der Waals surface area (Å²) in [6.07, 6.45) is 1.86. The van der Waals surface area contributed by atoms with Crippen molar-refractivity contribution < 1.29 is 5.11 Å². The van der Waals surface area contributed by atoms with Crippen molar-refractivity contribution in [2.45, 2.75) is 12.8 Å². The van der Waals surface area contributed by atoms with E-state index in [0.29, 0.717) is 5.75 Å². The maximum atomic E-state index is 9.59. The monoisotopic (exact) mass is 237 g/mol. The SMILES string of the molecule is Oc1ccccc1CCc1ccccc1.[K]. The van der Waals surface area contributed by atoms with Gasteiger partial charge >= 0.3 is 0 Å². The average molecular weight is 237 g/mol. The third-order valence-corrected chi connectivity index (χ3v) is 2.52. The molecule has 2 aromatic carbocycles. The van der Waals surface area contributed by atoms with Gasteiger partial charge in [-0.3, -0.25) is 0 Å². The second-order valence-corrected chi connectivity index (χ2v) is 3.61. The van der Waals surface area contributed by atoms with Gasteiger partial charge in [0.2, 0.25) is 0 Å². The van der Waals surface area contributed by atoms with Crippen molar-refractivity contribution in [3.8, 4) is 5.75 Å². The Morgan fingerprint density at radius 1 is 0.750 bits per heavy atom. The van der Waals surface area contributed by atoms with Gasteiger partial charge in [-0.1, -0.05) is 48.5 Å². The van der Waals surface area contributed by atoms with E-state index in [1.54, 1.807) is 6.07 Å². The van der Waals surface area contributed by atoms with Crippen LogP contribution in [0.4, 0.5) is 0 Å². The number of benzene rings is 2. The zero-order chi connectivity index (χ0) is 10.5. The van der Waals surface area contributed by atoms with Crippen LogP contribution in [0.25, 0.3) is 0 Å². The fraction of sp³-hybridized carbons (Fsp3) is 0.143. The van der Waals surface area contributed by atoms with Crippen molar-refractivity contribution in [1.82, 2.24) is 0 Å². The maximum absolute atomic E-state index is 9.59. The van der Waals surface area contributed by atoms with E-state index in [-0.39, 0.29) is 51.4 Å². The summed E-state index contributed by atoms with van der Waals surface area (Å²) < 4.78 is 0. The summed E-state index contributed by atoms with van der Waals surface area (Å²) in [6.45, 7) is 0. The molecule has 77 valence electrons. The minimum absolute atomic E-state index is 0. The molecule has 0 amide bonds. The van der Waals surface area contributed by atoms with Crippen LogP contribution >= 0.6 is 0 Å². The number of phenols is 1. The van der Waals surface area contributed by atoms with Crippen LogP contribution < -0.4 is 0 Å². The van der Waals surface area contributed by atoms with Gasteiger partial charge in [-0.2, -0.15) is 0 Å². The largest absolute Gasteiger partial charge is 0.508 e. The minimum atomic E-state index is 0. The fourth-order valence-electron chi connectivity index (χ4n) is 1.65. The smallest absolute Gasteiger partial charge is 0.118 e. The van der Waals surface area contributed by atoms with Crippen molar-refractivity contribution in [3.63, 3.8) is 0 Å². The van der Waals surface area contributed by atoms with Gasteiger partial charge < -0.3 is 5.11 Å². The Hall–Kier alpha value is -0.124. The normalized spacial score (nSPS) is 9.50. The molecule has 0 atom stereocenters. The van der Waals surface area contributed by atoms with Gasteiger partial charge in [0.05, 0.1) is 0 Å². The summed E-state index contributed by atoms with van der Waals surface area (Å²) in [4.78, 5) is 0. The van der Waals surface area contributed by atoms with E-state index in [0.717, 1.165) is 18.4 Å². The Kier molecular flexibility index (Phi) is 6.32. The van der Waals surface area contributed by atoms with Crippen LogP contribution in [0.1, 0.15) is 11.1 Å². The van der Waals surface area contributed by atoms with Crippen molar-refractivity contribution in [2.75, 3.05) is 0 Å². The number of aryl methyl sites for hydroxylation is 2. The molecule has 0 aliphatic carbocycles. The van der Waals surface area contributed by atoms with E-state index in [1.807, 2.05) is 36.4 Å². The van der Waals surface area contributed by atoms with Crippen molar-refractivity contribution in [3.05, 3.63) is 65.7 Å². The first-order valence-corrected chi connectivity index (χ1v) is 5.17. The summed E-state index contributed by atoms with van der Waals surface area (Å²) in [5.74, 6) is 0.397. The zero-order valence-electron chi connectivity index (χ0n) is 9.56.